The lowest BCUT2D eigenvalue weighted by atomic mass is 10.0. The number of unbranched alkanes of at least 4 members (excludes halogenated alkanes) is 1. The number of nitrogens with one attached hydrogen (secondary N) is 3. The van der Waals surface area contributed by atoms with Gasteiger partial charge in [-0.3, -0.25) is 24.0 Å². The number of hydrogen-bond acceptors (Lipinski definition) is 8. The van der Waals surface area contributed by atoms with E-state index in [1.54, 1.807) is 13.8 Å². The Balaban J connectivity index is 5.38. The van der Waals surface area contributed by atoms with E-state index < -0.39 is 78.5 Å². The first-order chi connectivity index (χ1) is 15.3. The van der Waals surface area contributed by atoms with E-state index in [9.17, 15) is 28.8 Å². The van der Waals surface area contributed by atoms with Crippen LogP contribution < -0.4 is 33.2 Å². The van der Waals surface area contributed by atoms with Gasteiger partial charge in [-0.1, -0.05) is 20.3 Å². The van der Waals surface area contributed by atoms with Crippen molar-refractivity contribution in [2.45, 2.75) is 70.1 Å². The molecule has 4 amide bonds. The lowest BCUT2D eigenvalue weighted by molar-refractivity contribution is -0.144. The van der Waals surface area contributed by atoms with Crippen molar-refractivity contribution >= 4 is 35.6 Å². The van der Waals surface area contributed by atoms with Crippen molar-refractivity contribution in [1.29, 1.82) is 0 Å². The van der Waals surface area contributed by atoms with Crippen molar-refractivity contribution in [3.8, 4) is 0 Å². The third-order valence-electron chi connectivity index (χ3n) is 4.58. The second kappa shape index (κ2) is 14.7. The molecular weight excluding hydrogens is 440 g/mol. The van der Waals surface area contributed by atoms with E-state index in [1.165, 1.54) is 0 Å². The van der Waals surface area contributed by atoms with Gasteiger partial charge in [0.1, 0.15) is 18.1 Å². The quantitative estimate of drug-likeness (QED) is 0.105. The van der Waals surface area contributed by atoms with Gasteiger partial charge in [0.2, 0.25) is 23.6 Å². The third kappa shape index (κ3) is 11.8. The fourth-order valence-corrected chi connectivity index (χ4v) is 2.75. The van der Waals surface area contributed by atoms with Crippen LogP contribution in [0.2, 0.25) is 0 Å². The van der Waals surface area contributed by atoms with Gasteiger partial charge >= 0.3 is 11.9 Å². The van der Waals surface area contributed by atoms with E-state index >= 15 is 0 Å². The van der Waals surface area contributed by atoms with E-state index in [4.69, 9.17) is 27.4 Å². The summed E-state index contributed by atoms with van der Waals surface area (Å²) >= 11 is 0. The molecular formula is C19H34N6O8. The normalized spacial score (nSPS) is 14.5. The summed E-state index contributed by atoms with van der Waals surface area (Å²) in [7, 11) is 0. The fourth-order valence-electron chi connectivity index (χ4n) is 2.75. The van der Waals surface area contributed by atoms with E-state index in [0.717, 1.165) is 0 Å². The Hall–Kier alpha value is -3.26. The van der Waals surface area contributed by atoms with E-state index in [2.05, 4.69) is 16.0 Å². The molecule has 11 N–H and O–H groups in total. The number of primary amides is 1. The van der Waals surface area contributed by atoms with Crippen molar-refractivity contribution in [3.63, 3.8) is 0 Å². The van der Waals surface area contributed by atoms with Gasteiger partial charge in [-0.25, -0.2) is 4.79 Å². The maximum absolute atomic E-state index is 12.7. The van der Waals surface area contributed by atoms with Gasteiger partial charge in [-0.05, 0) is 25.3 Å². The van der Waals surface area contributed by atoms with Crippen LogP contribution in [-0.4, -0.2) is 76.5 Å². The monoisotopic (exact) mass is 474 g/mol. The van der Waals surface area contributed by atoms with Crippen LogP contribution in [0.3, 0.4) is 0 Å². The van der Waals surface area contributed by atoms with Gasteiger partial charge in [0.25, 0.3) is 0 Å². The number of carboxylic acids is 2. The topological polar surface area (TPSA) is 257 Å². The molecule has 14 heteroatoms. The zero-order chi connectivity index (χ0) is 25.7. The average Bonchev–Trinajstić information content (AvgIpc) is 2.69. The molecule has 0 bridgehead atoms. The van der Waals surface area contributed by atoms with Crippen LogP contribution in [0.15, 0.2) is 0 Å². The van der Waals surface area contributed by atoms with Crippen molar-refractivity contribution in [3.05, 3.63) is 0 Å². The van der Waals surface area contributed by atoms with Crippen LogP contribution in [0, 0.1) is 5.92 Å². The zero-order valence-electron chi connectivity index (χ0n) is 18.7. The molecule has 0 heterocycles. The molecule has 0 fully saturated rings. The van der Waals surface area contributed by atoms with Crippen molar-refractivity contribution < 1.29 is 39.0 Å². The number of nitrogens with two attached hydrogens (primary N) is 3. The fraction of sp³-hybridized carbons (Fsp3) is 0.684. The number of aliphatic carboxylic acids is 2. The molecule has 0 aromatic rings. The molecule has 0 saturated heterocycles. The summed E-state index contributed by atoms with van der Waals surface area (Å²) in [5.41, 5.74) is 16.1. The van der Waals surface area contributed by atoms with Gasteiger partial charge in [0.05, 0.1) is 18.9 Å². The van der Waals surface area contributed by atoms with Gasteiger partial charge in [-0.15, -0.1) is 0 Å². The predicted octanol–water partition coefficient (Wildman–Crippen LogP) is -3.01. The Morgan fingerprint density at radius 2 is 1.39 bits per heavy atom. The summed E-state index contributed by atoms with van der Waals surface area (Å²) in [5.74, 6) is -7.05. The second-order valence-electron chi connectivity index (χ2n) is 7.85. The molecule has 188 valence electrons. The van der Waals surface area contributed by atoms with Crippen LogP contribution in [0.5, 0.6) is 0 Å². The summed E-state index contributed by atoms with van der Waals surface area (Å²) in [4.78, 5) is 71.0. The first kappa shape index (κ1) is 29.7. The van der Waals surface area contributed by atoms with Crippen molar-refractivity contribution in [1.82, 2.24) is 16.0 Å². The number of amides is 4. The SMILES string of the molecule is CC(C)C(NC(=O)C(CC(=O)O)NC(=O)C(N)CCCCN)C(=O)NC(CC(N)=O)C(=O)O. The van der Waals surface area contributed by atoms with Crippen molar-refractivity contribution in [2.24, 2.45) is 23.1 Å². The molecule has 0 aliphatic heterocycles. The molecule has 0 aliphatic rings. The molecule has 0 aromatic heterocycles. The molecule has 0 aliphatic carbocycles. The standard InChI is InChI=1S/C19H34N6O8/c1-9(2)15(18(31)24-12(19(32)33)7-13(22)26)25-17(30)11(8-14(27)28)23-16(29)10(21)5-3-4-6-20/h9-12,15H,3-8,20-21H2,1-2H3,(H2,22,26)(H,23,29)(H,24,31)(H,25,30)(H,27,28)(H,32,33). The van der Waals surface area contributed by atoms with Crippen molar-refractivity contribution in [2.75, 3.05) is 6.54 Å². The highest BCUT2D eigenvalue weighted by Crippen LogP contribution is 2.06. The minimum atomic E-state index is -1.62. The lowest BCUT2D eigenvalue weighted by Crippen LogP contribution is -2.59. The highest BCUT2D eigenvalue weighted by atomic mass is 16.4. The molecule has 4 atom stereocenters. The van der Waals surface area contributed by atoms with Gasteiger partial charge in [-0.2, -0.15) is 0 Å². The van der Waals surface area contributed by atoms with Crippen LogP contribution in [-0.2, 0) is 28.8 Å². The summed E-state index contributed by atoms with van der Waals surface area (Å²) in [6, 6.07) is -5.44. The summed E-state index contributed by atoms with van der Waals surface area (Å²) < 4.78 is 0. The van der Waals surface area contributed by atoms with E-state index in [-0.39, 0.29) is 6.42 Å². The largest absolute Gasteiger partial charge is 0.481 e. The molecule has 0 aromatic carbocycles. The molecule has 0 radical (unpaired) electrons. The third-order valence-corrected chi connectivity index (χ3v) is 4.58. The van der Waals surface area contributed by atoms with Crippen LogP contribution >= 0.6 is 0 Å². The number of carbonyl (C=O) groups is 6. The first-order valence-corrected chi connectivity index (χ1v) is 10.4. The van der Waals surface area contributed by atoms with E-state index in [1.807, 2.05) is 0 Å². The van der Waals surface area contributed by atoms with Gasteiger partial charge in [0, 0.05) is 0 Å². The predicted molar refractivity (Wildman–Crippen MR) is 115 cm³/mol. The highest BCUT2D eigenvalue weighted by molar-refractivity contribution is 5.96. The minimum Gasteiger partial charge on any atom is -0.481 e. The Morgan fingerprint density at radius 1 is 0.818 bits per heavy atom. The summed E-state index contributed by atoms with van der Waals surface area (Å²) in [5, 5.41) is 25.0. The lowest BCUT2D eigenvalue weighted by Gasteiger charge is -2.26. The van der Waals surface area contributed by atoms with Gasteiger partial charge in [0.15, 0.2) is 0 Å². The zero-order valence-corrected chi connectivity index (χ0v) is 18.7. The average molecular weight is 475 g/mol. The molecule has 33 heavy (non-hydrogen) atoms. The number of carboxylic acid groups (broad SMARTS) is 2. The Bertz CT molecular complexity index is 729. The molecule has 4 unspecified atom stereocenters. The maximum atomic E-state index is 12.7. The van der Waals surface area contributed by atoms with Crippen LogP contribution in [0.4, 0.5) is 0 Å². The molecule has 0 spiro atoms. The summed E-state index contributed by atoms with van der Waals surface area (Å²) in [6.07, 6.45) is 0.0290. The van der Waals surface area contributed by atoms with Gasteiger partial charge < -0.3 is 43.4 Å². The number of rotatable bonds is 16. The smallest absolute Gasteiger partial charge is 0.326 e. The molecule has 0 rings (SSSR count). The number of carbonyl (C=O) groups excluding carboxylic acids is 4. The highest BCUT2D eigenvalue weighted by Gasteiger charge is 2.33. The van der Waals surface area contributed by atoms with Crippen LogP contribution in [0.1, 0.15) is 46.0 Å². The minimum absolute atomic E-state index is 0.276. The van der Waals surface area contributed by atoms with E-state index in [0.29, 0.717) is 19.4 Å². The second-order valence-corrected chi connectivity index (χ2v) is 7.85. The Labute approximate surface area is 191 Å². The molecule has 0 saturated carbocycles. The van der Waals surface area contributed by atoms with Crippen LogP contribution in [0.25, 0.3) is 0 Å². The first-order valence-electron chi connectivity index (χ1n) is 10.4. The maximum Gasteiger partial charge on any atom is 0.326 e. The number of hydrogen-bond donors (Lipinski definition) is 8. The summed E-state index contributed by atoms with van der Waals surface area (Å²) in [6.45, 7) is 3.51. The Kier molecular flexibility index (Phi) is 13.3. The molecule has 14 nitrogen and oxygen atoms in total. The Morgan fingerprint density at radius 3 is 1.85 bits per heavy atom.